The third kappa shape index (κ3) is 5.21. The Bertz CT molecular complexity index is 1100. The Morgan fingerprint density at radius 1 is 1.16 bits per heavy atom. The largest absolute Gasteiger partial charge is 0.494 e. The van der Waals surface area contributed by atoms with Crippen molar-refractivity contribution in [2.45, 2.75) is 6.42 Å². The van der Waals surface area contributed by atoms with Gasteiger partial charge in [-0.1, -0.05) is 11.6 Å². The maximum atomic E-state index is 12.5. The summed E-state index contributed by atoms with van der Waals surface area (Å²) in [5, 5.41) is 3.41. The molecule has 31 heavy (non-hydrogen) atoms. The van der Waals surface area contributed by atoms with E-state index < -0.39 is 5.91 Å². The molecule has 0 fully saturated rings. The van der Waals surface area contributed by atoms with Crippen molar-refractivity contribution in [2.24, 2.45) is 0 Å². The molecule has 9 heteroatoms. The summed E-state index contributed by atoms with van der Waals surface area (Å²) < 4.78 is 17.0. The van der Waals surface area contributed by atoms with Crippen molar-refractivity contribution in [3.05, 3.63) is 70.0 Å². The SMILES string of the molecule is O=C(Nc1ccc2c(c1)N(CCCOc1ccc(Cl)cc1)C(=O)CO2)c1ccc(Br)o1. The summed E-state index contributed by atoms with van der Waals surface area (Å²) in [4.78, 5) is 26.4. The van der Waals surface area contributed by atoms with E-state index in [4.69, 9.17) is 25.5 Å². The number of benzene rings is 2. The number of rotatable bonds is 7. The molecule has 0 spiro atoms. The number of nitrogens with one attached hydrogen (secondary N) is 1. The van der Waals surface area contributed by atoms with Crippen LogP contribution < -0.4 is 19.7 Å². The van der Waals surface area contributed by atoms with Crippen molar-refractivity contribution < 1.29 is 23.5 Å². The van der Waals surface area contributed by atoms with E-state index in [1.165, 1.54) is 0 Å². The van der Waals surface area contributed by atoms with Crippen LogP contribution in [0.25, 0.3) is 0 Å². The van der Waals surface area contributed by atoms with Gasteiger partial charge in [0.15, 0.2) is 17.0 Å². The van der Waals surface area contributed by atoms with Gasteiger partial charge in [-0.2, -0.15) is 0 Å². The van der Waals surface area contributed by atoms with E-state index in [1.54, 1.807) is 59.5 Å². The summed E-state index contributed by atoms with van der Waals surface area (Å²) in [5.41, 5.74) is 1.12. The molecule has 0 saturated heterocycles. The third-order valence-corrected chi connectivity index (χ3v) is 5.24. The van der Waals surface area contributed by atoms with E-state index in [2.05, 4.69) is 21.2 Å². The number of furan rings is 1. The first-order chi connectivity index (χ1) is 15.0. The Labute approximate surface area is 192 Å². The Hall–Kier alpha value is -2.97. The molecule has 1 aromatic heterocycles. The van der Waals surface area contributed by atoms with Crippen molar-refractivity contribution in [1.82, 2.24) is 0 Å². The molecule has 0 atom stereocenters. The van der Waals surface area contributed by atoms with Gasteiger partial charge in [0.05, 0.1) is 12.3 Å². The predicted octanol–water partition coefficient (Wildman–Crippen LogP) is 5.14. The van der Waals surface area contributed by atoms with Gasteiger partial charge in [0.2, 0.25) is 0 Å². The van der Waals surface area contributed by atoms with E-state index in [0.29, 0.717) is 52.1 Å². The molecule has 7 nitrogen and oxygen atoms in total. The van der Waals surface area contributed by atoms with Gasteiger partial charge in [-0.05, 0) is 76.9 Å². The minimum atomic E-state index is -0.392. The van der Waals surface area contributed by atoms with E-state index in [9.17, 15) is 9.59 Å². The smallest absolute Gasteiger partial charge is 0.291 e. The number of ether oxygens (including phenoxy) is 2. The molecule has 1 N–H and O–H groups in total. The quantitative estimate of drug-likeness (QED) is 0.450. The molecule has 2 amide bonds. The lowest BCUT2D eigenvalue weighted by Crippen LogP contribution is -2.39. The normalized spacial score (nSPS) is 12.8. The fraction of sp³-hybridized carbons (Fsp3) is 0.182. The van der Waals surface area contributed by atoms with Crippen LogP contribution in [0.15, 0.2) is 63.7 Å². The lowest BCUT2D eigenvalue weighted by Gasteiger charge is -2.29. The number of nitrogens with zero attached hydrogens (tertiary/aromatic N) is 1. The summed E-state index contributed by atoms with van der Waals surface area (Å²) in [5.74, 6) is 0.923. The zero-order chi connectivity index (χ0) is 21.8. The average Bonchev–Trinajstić information content (AvgIpc) is 3.20. The average molecular weight is 506 g/mol. The van der Waals surface area contributed by atoms with Gasteiger partial charge in [0.1, 0.15) is 11.5 Å². The van der Waals surface area contributed by atoms with Gasteiger partial charge in [-0.15, -0.1) is 0 Å². The molecular formula is C22H18BrClN2O5. The van der Waals surface area contributed by atoms with E-state index in [0.717, 1.165) is 0 Å². The van der Waals surface area contributed by atoms with Gasteiger partial charge in [-0.25, -0.2) is 0 Å². The Balaban J connectivity index is 1.41. The number of carbonyl (C=O) groups is 2. The second-order valence-electron chi connectivity index (χ2n) is 6.73. The number of hydrogen-bond donors (Lipinski definition) is 1. The molecule has 0 radical (unpaired) electrons. The van der Waals surface area contributed by atoms with Crippen LogP contribution in [-0.4, -0.2) is 31.6 Å². The lowest BCUT2D eigenvalue weighted by atomic mass is 10.2. The highest BCUT2D eigenvalue weighted by Crippen LogP contribution is 2.35. The zero-order valence-corrected chi connectivity index (χ0v) is 18.6. The van der Waals surface area contributed by atoms with Crippen LogP contribution in [0.4, 0.5) is 11.4 Å². The van der Waals surface area contributed by atoms with Crippen LogP contribution in [-0.2, 0) is 4.79 Å². The number of hydrogen-bond acceptors (Lipinski definition) is 5. The Morgan fingerprint density at radius 2 is 1.97 bits per heavy atom. The zero-order valence-electron chi connectivity index (χ0n) is 16.3. The lowest BCUT2D eigenvalue weighted by molar-refractivity contribution is -0.121. The highest BCUT2D eigenvalue weighted by molar-refractivity contribution is 9.10. The first-order valence-corrected chi connectivity index (χ1v) is 10.7. The van der Waals surface area contributed by atoms with Crippen LogP contribution in [0.1, 0.15) is 17.0 Å². The fourth-order valence-electron chi connectivity index (χ4n) is 3.10. The molecular weight excluding hydrogens is 488 g/mol. The Kier molecular flexibility index (Phi) is 6.48. The van der Waals surface area contributed by atoms with Crippen molar-refractivity contribution in [2.75, 3.05) is 30.0 Å². The number of carbonyl (C=O) groups excluding carboxylic acids is 2. The molecule has 1 aliphatic rings. The monoisotopic (exact) mass is 504 g/mol. The highest BCUT2D eigenvalue weighted by atomic mass is 79.9. The number of fused-ring (bicyclic) bond motifs is 1. The number of anilines is 2. The van der Waals surface area contributed by atoms with Crippen LogP contribution in [0.3, 0.4) is 0 Å². The van der Waals surface area contributed by atoms with Crippen molar-refractivity contribution in [1.29, 1.82) is 0 Å². The Morgan fingerprint density at radius 3 is 2.71 bits per heavy atom. The first-order valence-electron chi connectivity index (χ1n) is 9.52. The maximum Gasteiger partial charge on any atom is 0.291 e. The first kappa shape index (κ1) is 21.3. The van der Waals surface area contributed by atoms with Crippen molar-refractivity contribution >= 4 is 50.7 Å². The maximum absolute atomic E-state index is 12.5. The summed E-state index contributed by atoms with van der Waals surface area (Å²) in [6.07, 6.45) is 0.616. The summed E-state index contributed by atoms with van der Waals surface area (Å²) in [6, 6.07) is 15.5. The molecule has 0 bridgehead atoms. The molecule has 0 unspecified atom stereocenters. The topological polar surface area (TPSA) is 81.0 Å². The van der Waals surface area contributed by atoms with Gasteiger partial charge in [0, 0.05) is 17.3 Å². The van der Waals surface area contributed by atoms with E-state index in [-0.39, 0.29) is 18.3 Å². The molecule has 0 aliphatic carbocycles. The van der Waals surface area contributed by atoms with E-state index in [1.807, 2.05) is 0 Å². The molecule has 3 aromatic rings. The number of halogens is 2. The minimum absolute atomic E-state index is 0.0306. The van der Waals surface area contributed by atoms with Crippen molar-refractivity contribution in [3.63, 3.8) is 0 Å². The van der Waals surface area contributed by atoms with E-state index >= 15 is 0 Å². The minimum Gasteiger partial charge on any atom is -0.494 e. The summed E-state index contributed by atoms with van der Waals surface area (Å²) in [7, 11) is 0. The van der Waals surface area contributed by atoms with Gasteiger partial charge < -0.3 is 24.1 Å². The molecule has 1 aliphatic heterocycles. The fourth-order valence-corrected chi connectivity index (χ4v) is 3.53. The molecule has 0 saturated carbocycles. The van der Waals surface area contributed by atoms with Crippen LogP contribution >= 0.6 is 27.5 Å². The highest BCUT2D eigenvalue weighted by Gasteiger charge is 2.26. The third-order valence-electron chi connectivity index (χ3n) is 4.57. The molecule has 160 valence electrons. The van der Waals surface area contributed by atoms with Crippen LogP contribution in [0, 0.1) is 0 Å². The van der Waals surface area contributed by atoms with Gasteiger partial charge in [-0.3, -0.25) is 9.59 Å². The molecule has 2 heterocycles. The molecule has 4 rings (SSSR count). The molecule has 2 aromatic carbocycles. The summed E-state index contributed by atoms with van der Waals surface area (Å²) in [6.45, 7) is 0.855. The second-order valence-corrected chi connectivity index (χ2v) is 7.95. The number of amides is 2. The van der Waals surface area contributed by atoms with Gasteiger partial charge in [0.25, 0.3) is 11.8 Å². The second kappa shape index (κ2) is 9.45. The van der Waals surface area contributed by atoms with Crippen LogP contribution in [0.5, 0.6) is 11.5 Å². The van der Waals surface area contributed by atoms with Gasteiger partial charge >= 0.3 is 0 Å². The standard InChI is InChI=1S/C22H18BrClN2O5/c23-20-9-8-19(31-20)22(28)25-15-4-7-18-17(12-15)26(21(27)13-30-18)10-1-11-29-16-5-2-14(24)3-6-16/h2-9,12H,1,10-11,13H2,(H,25,28). The predicted molar refractivity (Wildman–Crippen MR) is 120 cm³/mol. The van der Waals surface area contributed by atoms with Crippen molar-refractivity contribution in [3.8, 4) is 11.5 Å². The summed E-state index contributed by atoms with van der Waals surface area (Å²) >= 11 is 9.05. The van der Waals surface area contributed by atoms with Crippen LogP contribution in [0.2, 0.25) is 5.02 Å².